The van der Waals surface area contributed by atoms with Gasteiger partial charge in [-0.3, -0.25) is 9.10 Å². The van der Waals surface area contributed by atoms with Crippen LogP contribution in [0.3, 0.4) is 0 Å². The average Bonchev–Trinajstić information content (AvgIpc) is 2.65. The molecule has 0 amide bonds. The molecule has 0 bridgehead atoms. The van der Waals surface area contributed by atoms with E-state index in [0.29, 0.717) is 10.6 Å². The van der Waals surface area contributed by atoms with Crippen molar-refractivity contribution in [1.82, 2.24) is 4.72 Å². The maximum Gasteiger partial charge on any atom is 0.303 e. The Bertz CT molecular complexity index is 1150. The molecule has 0 aromatic heterocycles. The number of aryl methyl sites for hydroxylation is 1. The largest absolute Gasteiger partial charge is 0.481 e. The molecule has 2 aromatic carbocycles. The minimum absolute atomic E-state index is 0.0215. The Labute approximate surface area is 181 Å². The lowest BCUT2D eigenvalue weighted by Crippen LogP contribution is -2.30. The minimum Gasteiger partial charge on any atom is -0.481 e. The number of halogens is 1. The van der Waals surface area contributed by atoms with E-state index >= 15 is 0 Å². The van der Waals surface area contributed by atoms with Gasteiger partial charge >= 0.3 is 5.97 Å². The highest BCUT2D eigenvalue weighted by molar-refractivity contribution is 7.92. The molecular weight excluding hydrogens is 452 g/mol. The van der Waals surface area contributed by atoms with Crippen molar-refractivity contribution >= 4 is 43.3 Å². The van der Waals surface area contributed by atoms with Gasteiger partial charge in [-0.05, 0) is 61.7 Å². The molecule has 2 aromatic rings. The first kappa shape index (κ1) is 24.1. The van der Waals surface area contributed by atoms with Crippen molar-refractivity contribution in [3.05, 3.63) is 52.5 Å². The molecule has 0 saturated heterocycles. The molecule has 0 atom stereocenters. The quantitative estimate of drug-likeness (QED) is 0.539. The predicted molar refractivity (Wildman–Crippen MR) is 115 cm³/mol. The Kier molecular flexibility index (Phi) is 7.51. The molecule has 0 spiro atoms. The Morgan fingerprint density at radius 2 is 1.67 bits per heavy atom. The van der Waals surface area contributed by atoms with Crippen LogP contribution in [0, 0.1) is 13.8 Å². The molecule has 0 saturated carbocycles. The maximum atomic E-state index is 13.0. The molecule has 11 heteroatoms. The lowest BCUT2D eigenvalue weighted by molar-refractivity contribution is -0.137. The van der Waals surface area contributed by atoms with E-state index in [-0.39, 0.29) is 40.4 Å². The number of nitrogens with one attached hydrogen (secondary N) is 1. The van der Waals surface area contributed by atoms with E-state index in [1.165, 1.54) is 50.4 Å². The summed E-state index contributed by atoms with van der Waals surface area (Å²) in [4.78, 5) is 10.5. The number of anilines is 1. The van der Waals surface area contributed by atoms with Gasteiger partial charge in [0.1, 0.15) is 0 Å². The number of carboxylic acids is 1. The molecule has 0 aliphatic rings. The molecule has 164 valence electrons. The van der Waals surface area contributed by atoms with Gasteiger partial charge in [-0.1, -0.05) is 17.7 Å². The Balaban J connectivity index is 2.42. The van der Waals surface area contributed by atoms with Crippen molar-refractivity contribution in [2.24, 2.45) is 0 Å². The van der Waals surface area contributed by atoms with E-state index in [1.807, 2.05) is 0 Å². The minimum atomic E-state index is -3.96. The lowest BCUT2D eigenvalue weighted by atomic mass is 10.1. The molecule has 8 nitrogen and oxygen atoms in total. The zero-order valence-corrected chi connectivity index (χ0v) is 19.1. The maximum absolute atomic E-state index is 13.0. The van der Waals surface area contributed by atoms with Crippen molar-refractivity contribution in [2.75, 3.05) is 17.9 Å². The van der Waals surface area contributed by atoms with Crippen LogP contribution in [0.25, 0.3) is 0 Å². The second-order valence-electron chi connectivity index (χ2n) is 6.68. The van der Waals surface area contributed by atoms with Crippen LogP contribution in [0.15, 0.2) is 46.2 Å². The van der Waals surface area contributed by atoms with Crippen molar-refractivity contribution in [3.8, 4) is 0 Å². The third kappa shape index (κ3) is 5.31. The molecular formula is C19H23ClN2O6S2. The average molecular weight is 475 g/mol. The summed E-state index contributed by atoms with van der Waals surface area (Å²) in [6.45, 7) is 3.17. The van der Waals surface area contributed by atoms with E-state index in [9.17, 15) is 21.6 Å². The first-order chi connectivity index (χ1) is 13.9. The number of sulfonamides is 2. The summed E-state index contributed by atoms with van der Waals surface area (Å²) in [6, 6.07) is 8.61. The number of aliphatic carboxylic acids is 1. The third-order valence-corrected chi connectivity index (χ3v) is 8.15. The van der Waals surface area contributed by atoms with Crippen LogP contribution in [0.4, 0.5) is 5.69 Å². The van der Waals surface area contributed by atoms with Gasteiger partial charge in [0.2, 0.25) is 10.0 Å². The molecule has 0 heterocycles. The number of benzene rings is 2. The molecule has 30 heavy (non-hydrogen) atoms. The van der Waals surface area contributed by atoms with E-state index in [0.717, 1.165) is 4.31 Å². The first-order valence-corrected chi connectivity index (χ1v) is 12.2. The number of carbonyl (C=O) groups is 1. The van der Waals surface area contributed by atoms with Gasteiger partial charge in [0.15, 0.2) is 0 Å². The highest BCUT2D eigenvalue weighted by Gasteiger charge is 2.27. The summed E-state index contributed by atoms with van der Waals surface area (Å²) in [5, 5.41) is 9.06. The zero-order valence-electron chi connectivity index (χ0n) is 16.7. The molecule has 0 radical (unpaired) electrons. The summed E-state index contributed by atoms with van der Waals surface area (Å²) in [7, 11) is -6.55. The van der Waals surface area contributed by atoms with Gasteiger partial charge in [0, 0.05) is 25.0 Å². The fourth-order valence-electron chi connectivity index (χ4n) is 3.00. The van der Waals surface area contributed by atoms with Crippen LogP contribution < -0.4 is 9.03 Å². The summed E-state index contributed by atoms with van der Waals surface area (Å²) in [5.41, 5.74) is 1.09. The van der Waals surface area contributed by atoms with Crippen molar-refractivity contribution in [3.63, 3.8) is 0 Å². The molecule has 0 aliphatic carbocycles. The highest BCUT2D eigenvalue weighted by atomic mass is 35.5. The smallest absolute Gasteiger partial charge is 0.303 e. The van der Waals surface area contributed by atoms with E-state index in [1.54, 1.807) is 6.92 Å². The standard InChI is InChI=1S/C19H23ClN2O6S2/c1-13-6-11-17(29(25,26)21-12-4-5-18(23)24)14(2)19(13)22(3)30(27,28)16-9-7-15(20)8-10-16/h6-11,21H,4-5,12H2,1-3H3,(H,23,24). The number of carboxylic acid groups (broad SMARTS) is 1. The van der Waals surface area contributed by atoms with E-state index in [2.05, 4.69) is 4.72 Å². The van der Waals surface area contributed by atoms with Crippen LogP contribution in [0.1, 0.15) is 24.0 Å². The molecule has 2 N–H and O–H groups in total. The monoisotopic (exact) mass is 474 g/mol. The van der Waals surface area contributed by atoms with Gasteiger partial charge in [-0.15, -0.1) is 0 Å². The molecule has 0 unspecified atom stereocenters. The number of hydrogen-bond acceptors (Lipinski definition) is 5. The fourth-order valence-corrected chi connectivity index (χ4v) is 5.76. The Morgan fingerprint density at radius 3 is 2.23 bits per heavy atom. The second-order valence-corrected chi connectivity index (χ2v) is 10.8. The van der Waals surface area contributed by atoms with Crippen LogP contribution in [-0.2, 0) is 24.8 Å². The van der Waals surface area contributed by atoms with Crippen LogP contribution in [0.5, 0.6) is 0 Å². The normalized spacial score (nSPS) is 12.0. The van der Waals surface area contributed by atoms with Crippen LogP contribution >= 0.6 is 11.6 Å². The van der Waals surface area contributed by atoms with Crippen molar-refractivity contribution < 1.29 is 26.7 Å². The number of rotatable bonds is 9. The summed E-state index contributed by atoms with van der Waals surface area (Å²) in [5.74, 6) is -1.02. The summed E-state index contributed by atoms with van der Waals surface area (Å²) < 4.78 is 54.9. The van der Waals surface area contributed by atoms with E-state index in [4.69, 9.17) is 16.7 Å². The first-order valence-electron chi connectivity index (χ1n) is 8.94. The Morgan fingerprint density at radius 1 is 1.07 bits per heavy atom. The highest BCUT2D eigenvalue weighted by Crippen LogP contribution is 2.33. The molecule has 0 aliphatic heterocycles. The van der Waals surface area contributed by atoms with Gasteiger partial charge in [-0.25, -0.2) is 21.6 Å². The topological polar surface area (TPSA) is 121 Å². The van der Waals surface area contributed by atoms with Crippen molar-refractivity contribution in [1.29, 1.82) is 0 Å². The van der Waals surface area contributed by atoms with Crippen LogP contribution in [-0.4, -0.2) is 41.5 Å². The summed E-state index contributed by atoms with van der Waals surface area (Å²) >= 11 is 5.83. The van der Waals surface area contributed by atoms with E-state index < -0.39 is 26.0 Å². The van der Waals surface area contributed by atoms with Gasteiger partial charge in [-0.2, -0.15) is 0 Å². The molecule has 2 rings (SSSR count). The number of hydrogen-bond donors (Lipinski definition) is 2. The summed E-state index contributed by atoms with van der Waals surface area (Å²) in [6.07, 6.45) is -0.0279. The lowest BCUT2D eigenvalue weighted by Gasteiger charge is -2.25. The van der Waals surface area contributed by atoms with Crippen LogP contribution in [0.2, 0.25) is 5.02 Å². The van der Waals surface area contributed by atoms with Gasteiger partial charge in [0.25, 0.3) is 10.0 Å². The zero-order chi connectivity index (χ0) is 22.7. The van der Waals surface area contributed by atoms with Gasteiger partial charge in [0.05, 0.1) is 15.5 Å². The predicted octanol–water partition coefficient (Wildman–Crippen LogP) is 2.93. The fraction of sp³-hybridized carbons (Fsp3) is 0.316. The third-order valence-electron chi connectivity index (χ3n) is 4.52. The van der Waals surface area contributed by atoms with Crippen molar-refractivity contribution in [2.45, 2.75) is 36.5 Å². The van der Waals surface area contributed by atoms with Gasteiger partial charge < -0.3 is 5.11 Å². The second kappa shape index (κ2) is 9.34. The Hall–Kier alpha value is -2.14. The number of nitrogens with zero attached hydrogens (tertiary/aromatic N) is 1. The SMILES string of the molecule is Cc1ccc(S(=O)(=O)NCCCC(=O)O)c(C)c1N(C)S(=O)(=O)c1ccc(Cl)cc1. The molecule has 0 fully saturated rings.